The van der Waals surface area contributed by atoms with Crippen LogP contribution in [0, 0.1) is 0 Å². The topological polar surface area (TPSA) is 190 Å². The van der Waals surface area contributed by atoms with Crippen LogP contribution in [0.4, 0.5) is 0 Å². The van der Waals surface area contributed by atoms with Crippen LogP contribution in [-0.4, -0.2) is 115 Å². The Morgan fingerprint density at radius 2 is 1.26 bits per heavy atom. The molecule has 2 rings (SSSR count). The molecule has 0 aliphatic carbocycles. The molecule has 11 heteroatoms. The third-order valence-corrected chi connectivity index (χ3v) is 3.98. The molecular weight excluding hydrogens is 320 g/mol. The van der Waals surface area contributed by atoms with E-state index in [0.29, 0.717) is 0 Å². The summed E-state index contributed by atoms with van der Waals surface area (Å²) in [4.78, 5) is 0. The first-order valence-electron chi connectivity index (χ1n) is 7.08. The molecule has 23 heavy (non-hydrogen) atoms. The Morgan fingerprint density at radius 3 is 1.83 bits per heavy atom. The average Bonchev–Trinajstić information content (AvgIpc) is 2.55. The minimum absolute atomic E-state index is 0.667. The van der Waals surface area contributed by atoms with Gasteiger partial charge in [-0.25, -0.2) is 0 Å². The summed E-state index contributed by atoms with van der Waals surface area (Å²) >= 11 is 0. The summed E-state index contributed by atoms with van der Waals surface area (Å²) in [6, 6.07) is 0. The van der Waals surface area contributed by atoms with Crippen molar-refractivity contribution in [1.82, 2.24) is 0 Å². The van der Waals surface area contributed by atoms with Crippen molar-refractivity contribution >= 4 is 0 Å². The molecule has 0 aromatic rings. The number of aliphatic hydroxyl groups is 8. The van der Waals surface area contributed by atoms with E-state index in [4.69, 9.17) is 19.3 Å². The summed E-state index contributed by atoms with van der Waals surface area (Å²) in [7, 11) is 0. The quantitative estimate of drug-likeness (QED) is 0.243. The summed E-state index contributed by atoms with van der Waals surface area (Å²) in [5.74, 6) is 0. The zero-order valence-corrected chi connectivity index (χ0v) is 12.0. The molecule has 8 N–H and O–H groups in total. The largest absolute Gasteiger partial charge is 0.394 e. The molecule has 2 fully saturated rings. The molecule has 0 bridgehead atoms. The molecule has 2 heterocycles. The second-order valence-electron chi connectivity index (χ2n) is 5.53. The van der Waals surface area contributed by atoms with E-state index in [0.717, 1.165) is 0 Å². The molecule has 136 valence electrons. The van der Waals surface area contributed by atoms with Crippen molar-refractivity contribution in [3.63, 3.8) is 0 Å². The molecule has 10 atom stereocenters. The van der Waals surface area contributed by atoms with Crippen LogP contribution in [-0.2, 0) is 14.2 Å². The Morgan fingerprint density at radius 1 is 0.652 bits per heavy atom. The fraction of sp³-hybridized carbons (Fsp3) is 1.00. The van der Waals surface area contributed by atoms with E-state index in [1.807, 2.05) is 0 Å². The first-order chi connectivity index (χ1) is 10.8. The molecule has 0 unspecified atom stereocenters. The summed E-state index contributed by atoms with van der Waals surface area (Å²) < 4.78 is 15.3. The fourth-order valence-corrected chi connectivity index (χ4v) is 2.57. The molecule has 0 spiro atoms. The van der Waals surface area contributed by atoms with Crippen molar-refractivity contribution in [2.75, 3.05) is 13.2 Å². The highest BCUT2D eigenvalue weighted by atomic mass is 16.7. The molecule has 0 radical (unpaired) electrons. The fourth-order valence-electron chi connectivity index (χ4n) is 2.57. The van der Waals surface area contributed by atoms with Gasteiger partial charge in [-0.2, -0.15) is 0 Å². The molecule has 0 amide bonds. The highest BCUT2D eigenvalue weighted by molar-refractivity contribution is 4.93. The van der Waals surface area contributed by atoms with Crippen LogP contribution in [0.3, 0.4) is 0 Å². The van der Waals surface area contributed by atoms with Crippen LogP contribution in [0.15, 0.2) is 0 Å². The van der Waals surface area contributed by atoms with Gasteiger partial charge in [0, 0.05) is 0 Å². The van der Waals surface area contributed by atoms with E-state index in [-0.39, 0.29) is 0 Å². The second kappa shape index (κ2) is 7.63. The number of hydrogen-bond donors (Lipinski definition) is 8. The van der Waals surface area contributed by atoms with Crippen molar-refractivity contribution < 1.29 is 55.1 Å². The van der Waals surface area contributed by atoms with Crippen molar-refractivity contribution in [1.29, 1.82) is 0 Å². The van der Waals surface area contributed by atoms with Gasteiger partial charge in [-0.05, 0) is 0 Å². The van der Waals surface area contributed by atoms with Gasteiger partial charge in [-0.15, -0.1) is 0 Å². The highest BCUT2D eigenvalue weighted by Crippen LogP contribution is 2.28. The minimum atomic E-state index is -1.74. The van der Waals surface area contributed by atoms with Gasteiger partial charge >= 0.3 is 0 Å². The lowest BCUT2D eigenvalue weighted by Crippen LogP contribution is -2.64. The molecular formula is C12H22O11. The van der Waals surface area contributed by atoms with Crippen molar-refractivity contribution in [3.8, 4) is 0 Å². The van der Waals surface area contributed by atoms with Gasteiger partial charge < -0.3 is 55.1 Å². The Kier molecular flexibility index (Phi) is 6.27. The van der Waals surface area contributed by atoms with E-state index < -0.39 is 74.6 Å². The first kappa shape index (κ1) is 18.9. The predicted octanol–water partition coefficient (Wildman–Crippen LogP) is -5.40. The van der Waals surface area contributed by atoms with Gasteiger partial charge in [0.2, 0.25) is 0 Å². The zero-order chi connectivity index (χ0) is 17.3. The van der Waals surface area contributed by atoms with Gasteiger partial charge in [0.15, 0.2) is 12.6 Å². The molecule has 0 aromatic carbocycles. The van der Waals surface area contributed by atoms with Gasteiger partial charge in [0.05, 0.1) is 13.2 Å². The van der Waals surface area contributed by atoms with Crippen molar-refractivity contribution in [3.05, 3.63) is 0 Å². The van der Waals surface area contributed by atoms with E-state index >= 15 is 0 Å². The Bertz CT molecular complexity index is 378. The first-order valence-corrected chi connectivity index (χ1v) is 7.08. The van der Waals surface area contributed by atoms with E-state index in [1.165, 1.54) is 0 Å². The summed E-state index contributed by atoms with van der Waals surface area (Å²) in [5.41, 5.74) is 0. The monoisotopic (exact) mass is 342 g/mol. The van der Waals surface area contributed by atoms with Crippen LogP contribution in [0.25, 0.3) is 0 Å². The van der Waals surface area contributed by atoms with Crippen molar-refractivity contribution in [2.24, 2.45) is 0 Å². The Labute approximate surface area is 130 Å². The van der Waals surface area contributed by atoms with Crippen LogP contribution in [0.2, 0.25) is 0 Å². The molecule has 2 aliphatic heterocycles. The smallest absolute Gasteiger partial charge is 0.187 e. The average molecular weight is 342 g/mol. The van der Waals surface area contributed by atoms with Crippen LogP contribution in [0.5, 0.6) is 0 Å². The standard InChI is InChI=1S/C12H22O11/c13-1-3-5(15)6(16)9(19)12(22-3)23-10-4(2-14)21-11(20)8(18)7(10)17/h3-20H,1-2H2/t3-,4+,5-,6+,7+,8+,9-,10+,11+,12+/m1/s1. The van der Waals surface area contributed by atoms with Crippen LogP contribution < -0.4 is 0 Å². The lowest BCUT2D eigenvalue weighted by Gasteiger charge is -2.45. The third kappa shape index (κ3) is 3.65. The number of ether oxygens (including phenoxy) is 3. The molecule has 0 aromatic heterocycles. The lowest BCUT2D eigenvalue weighted by atomic mass is 9.97. The maximum Gasteiger partial charge on any atom is 0.187 e. The molecule has 2 saturated heterocycles. The maximum absolute atomic E-state index is 9.94. The molecule has 0 saturated carbocycles. The summed E-state index contributed by atoms with van der Waals surface area (Å²) in [6.07, 6.45) is -15.6. The highest BCUT2D eigenvalue weighted by Gasteiger charge is 2.50. The van der Waals surface area contributed by atoms with Gasteiger partial charge in [-0.1, -0.05) is 0 Å². The maximum atomic E-state index is 9.94. The number of rotatable bonds is 4. The SMILES string of the molecule is OC[C@@H]1O[C@H](O)[C@@H](O)[C@H](O)[C@H]1O[C@@H]1O[C@H](CO)[C@@H](O)[C@H](O)[C@H]1O. The minimum Gasteiger partial charge on any atom is -0.394 e. The van der Waals surface area contributed by atoms with Gasteiger partial charge in [-0.3, -0.25) is 0 Å². The predicted molar refractivity (Wildman–Crippen MR) is 68.6 cm³/mol. The summed E-state index contributed by atoms with van der Waals surface area (Å²) in [5, 5.41) is 76.5. The second-order valence-corrected chi connectivity index (χ2v) is 5.53. The number of hydrogen-bond acceptors (Lipinski definition) is 11. The van der Waals surface area contributed by atoms with E-state index in [9.17, 15) is 35.7 Å². The van der Waals surface area contributed by atoms with E-state index in [2.05, 4.69) is 0 Å². The Balaban J connectivity index is 2.11. The Hall–Kier alpha value is -0.440. The normalized spacial score (nSPS) is 51.7. The molecule has 11 nitrogen and oxygen atoms in total. The van der Waals surface area contributed by atoms with Crippen LogP contribution >= 0.6 is 0 Å². The number of aliphatic hydroxyl groups excluding tert-OH is 8. The zero-order valence-electron chi connectivity index (χ0n) is 12.0. The molecule has 2 aliphatic rings. The van der Waals surface area contributed by atoms with Gasteiger partial charge in [0.1, 0.15) is 48.8 Å². The van der Waals surface area contributed by atoms with E-state index in [1.54, 1.807) is 0 Å². The summed E-state index contributed by atoms with van der Waals surface area (Å²) in [6.45, 7) is -1.35. The van der Waals surface area contributed by atoms with Crippen LogP contribution in [0.1, 0.15) is 0 Å². The lowest BCUT2D eigenvalue weighted by molar-refractivity contribution is -0.355. The van der Waals surface area contributed by atoms with Crippen molar-refractivity contribution in [2.45, 2.75) is 61.4 Å². The third-order valence-electron chi connectivity index (χ3n) is 3.98. The van der Waals surface area contributed by atoms with Gasteiger partial charge in [0.25, 0.3) is 0 Å².